The van der Waals surface area contributed by atoms with Crippen molar-refractivity contribution in [2.24, 2.45) is 0 Å². The molecule has 3 aromatic rings. The summed E-state index contributed by atoms with van der Waals surface area (Å²) in [6, 6.07) is 16.3. The van der Waals surface area contributed by atoms with Crippen LogP contribution in [0, 0.1) is 6.92 Å². The number of aryl methyl sites for hydroxylation is 1. The Balaban J connectivity index is 1.58. The minimum Gasteiger partial charge on any atom is -0.495 e. The van der Waals surface area contributed by atoms with Gasteiger partial charge in [-0.3, -0.25) is 19.3 Å². The summed E-state index contributed by atoms with van der Waals surface area (Å²) in [4.78, 5) is 41.9. The zero-order valence-corrected chi connectivity index (χ0v) is 22.3. The van der Waals surface area contributed by atoms with E-state index in [-0.39, 0.29) is 24.1 Å². The molecular formula is C27H27N3O5S2. The SMILES string of the molecule is COCCCN1C(=O)C(Nc2cc(C)ccc2OC)=C(Sc2ccc(NC(=O)c3cccs3)cc2)C1=O. The van der Waals surface area contributed by atoms with Crippen LogP contribution in [0.3, 0.4) is 0 Å². The van der Waals surface area contributed by atoms with Crippen molar-refractivity contribution in [1.82, 2.24) is 4.90 Å². The van der Waals surface area contributed by atoms with Crippen molar-refractivity contribution in [1.29, 1.82) is 0 Å². The molecule has 0 atom stereocenters. The predicted octanol–water partition coefficient (Wildman–Crippen LogP) is 5.14. The molecule has 10 heteroatoms. The Morgan fingerprint density at radius 1 is 1.05 bits per heavy atom. The third-order valence-electron chi connectivity index (χ3n) is 5.55. The monoisotopic (exact) mass is 537 g/mol. The summed E-state index contributed by atoms with van der Waals surface area (Å²) < 4.78 is 10.5. The van der Waals surface area contributed by atoms with E-state index in [2.05, 4.69) is 10.6 Å². The molecule has 192 valence electrons. The molecule has 0 spiro atoms. The number of carbonyl (C=O) groups excluding carboxylic acids is 3. The van der Waals surface area contributed by atoms with Gasteiger partial charge in [-0.25, -0.2) is 0 Å². The van der Waals surface area contributed by atoms with E-state index in [1.54, 1.807) is 44.6 Å². The van der Waals surface area contributed by atoms with Gasteiger partial charge in [0.25, 0.3) is 17.7 Å². The minimum atomic E-state index is -0.396. The fourth-order valence-corrected chi connectivity index (χ4v) is 5.27. The maximum absolute atomic E-state index is 13.3. The van der Waals surface area contributed by atoms with Gasteiger partial charge in [0.15, 0.2) is 0 Å². The quantitative estimate of drug-likeness (QED) is 0.258. The summed E-state index contributed by atoms with van der Waals surface area (Å²) in [5.74, 6) is -0.381. The number of imide groups is 1. The molecule has 3 amide bonds. The number of nitrogens with one attached hydrogen (secondary N) is 2. The van der Waals surface area contributed by atoms with Gasteiger partial charge < -0.3 is 20.1 Å². The Bertz CT molecular complexity index is 1320. The molecule has 2 heterocycles. The predicted molar refractivity (Wildman–Crippen MR) is 146 cm³/mol. The second-order valence-corrected chi connectivity index (χ2v) is 10.2. The van der Waals surface area contributed by atoms with Gasteiger partial charge in [-0.15, -0.1) is 11.3 Å². The second-order valence-electron chi connectivity index (χ2n) is 8.20. The maximum atomic E-state index is 13.3. The molecule has 1 aliphatic heterocycles. The number of thioether (sulfide) groups is 1. The molecule has 37 heavy (non-hydrogen) atoms. The maximum Gasteiger partial charge on any atom is 0.278 e. The lowest BCUT2D eigenvalue weighted by atomic mass is 10.2. The normalized spacial score (nSPS) is 13.3. The van der Waals surface area contributed by atoms with Crippen LogP contribution >= 0.6 is 23.1 Å². The Morgan fingerprint density at radius 3 is 2.51 bits per heavy atom. The average Bonchev–Trinajstić information content (AvgIpc) is 3.50. The number of methoxy groups -OCH3 is 2. The molecule has 2 N–H and O–H groups in total. The van der Waals surface area contributed by atoms with Crippen molar-refractivity contribution >= 4 is 52.2 Å². The van der Waals surface area contributed by atoms with Gasteiger partial charge in [-0.05, 0) is 66.8 Å². The number of hydrogen-bond acceptors (Lipinski definition) is 8. The van der Waals surface area contributed by atoms with Crippen molar-refractivity contribution in [3.05, 3.63) is 81.0 Å². The highest BCUT2D eigenvalue weighted by Gasteiger charge is 2.39. The lowest BCUT2D eigenvalue weighted by Gasteiger charge is -2.15. The number of amides is 3. The minimum absolute atomic E-state index is 0.181. The first kappa shape index (κ1) is 26.5. The standard InChI is InChI=1S/C27H27N3O5S2/c1-17-7-12-21(35-3)20(16-17)29-23-24(27(33)30(26(23)32)13-5-14-34-2)37-19-10-8-18(9-11-19)28-25(31)22-6-4-15-36-22/h4,6-12,15-16,29H,5,13-14H2,1-3H3,(H,28,31). The Labute approximate surface area is 223 Å². The number of anilines is 2. The number of thiophene rings is 1. The zero-order chi connectivity index (χ0) is 26.4. The molecular weight excluding hydrogens is 510 g/mol. The number of rotatable bonds is 11. The largest absolute Gasteiger partial charge is 0.495 e. The molecule has 2 aromatic carbocycles. The van der Waals surface area contributed by atoms with E-state index in [9.17, 15) is 14.4 Å². The van der Waals surface area contributed by atoms with Crippen LogP contribution in [0.15, 0.2) is 75.5 Å². The highest BCUT2D eigenvalue weighted by atomic mass is 32.2. The molecule has 0 aliphatic carbocycles. The fourth-order valence-electron chi connectivity index (χ4n) is 3.71. The van der Waals surface area contributed by atoms with E-state index in [1.807, 2.05) is 36.6 Å². The first-order valence-corrected chi connectivity index (χ1v) is 13.2. The van der Waals surface area contributed by atoms with Gasteiger partial charge in [-0.1, -0.05) is 23.9 Å². The van der Waals surface area contributed by atoms with Crippen molar-refractivity contribution in [2.45, 2.75) is 18.2 Å². The van der Waals surface area contributed by atoms with Crippen LogP contribution in [0.1, 0.15) is 21.7 Å². The summed E-state index contributed by atoms with van der Waals surface area (Å²) in [6.45, 7) is 2.62. The first-order chi connectivity index (χ1) is 17.9. The van der Waals surface area contributed by atoms with Crippen molar-refractivity contribution in [2.75, 3.05) is 38.0 Å². The number of hydrogen-bond donors (Lipinski definition) is 2. The van der Waals surface area contributed by atoms with Crippen molar-refractivity contribution in [3.63, 3.8) is 0 Å². The number of ether oxygens (including phenoxy) is 2. The van der Waals surface area contributed by atoms with Crippen LogP contribution in [0.2, 0.25) is 0 Å². The van der Waals surface area contributed by atoms with E-state index >= 15 is 0 Å². The Kier molecular flexibility index (Phi) is 8.65. The number of carbonyl (C=O) groups is 3. The highest BCUT2D eigenvalue weighted by molar-refractivity contribution is 8.04. The molecule has 0 unspecified atom stereocenters. The van der Waals surface area contributed by atoms with Crippen LogP contribution < -0.4 is 15.4 Å². The zero-order valence-electron chi connectivity index (χ0n) is 20.7. The van der Waals surface area contributed by atoms with E-state index in [0.717, 1.165) is 10.5 Å². The van der Waals surface area contributed by atoms with Crippen LogP contribution in [-0.2, 0) is 14.3 Å². The molecule has 4 rings (SSSR count). The third kappa shape index (κ3) is 6.22. The topological polar surface area (TPSA) is 97.0 Å². The second kappa shape index (κ2) is 12.1. The lowest BCUT2D eigenvalue weighted by Crippen LogP contribution is -2.33. The first-order valence-electron chi connectivity index (χ1n) is 11.5. The summed E-state index contributed by atoms with van der Waals surface area (Å²) in [5.41, 5.74) is 2.41. The summed E-state index contributed by atoms with van der Waals surface area (Å²) in [7, 11) is 3.13. The van der Waals surface area contributed by atoms with E-state index in [1.165, 1.54) is 28.0 Å². The highest BCUT2D eigenvalue weighted by Crippen LogP contribution is 2.38. The number of nitrogens with zero attached hydrogens (tertiary/aromatic N) is 1. The van der Waals surface area contributed by atoms with Crippen LogP contribution in [-0.4, -0.2) is 50.0 Å². The molecule has 1 aromatic heterocycles. The average molecular weight is 538 g/mol. The summed E-state index contributed by atoms with van der Waals surface area (Å²) >= 11 is 2.57. The van der Waals surface area contributed by atoms with Crippen LogP contribution in [0.25, 0.3) is 0 Å². The van der Waals surface area contributed by atoms with E-state index < -0.39 is 5.91 Å². The van der Waals surface area contributed by atoms with Gasteiger partial charge in [0.2, 0.25) is 0 Å². The van der Waals surface area contributed by atoms with Gasteiger partial charge in [-0.2, -0.15) is 0 Å². The smallest absolute Gasteiger partial charge is 0.278 e. The van der Waals surface area contributed by atoms with E-state index in [0.29, 0.717) is 39.9 Å². The molecule has 0 radical (unpaired) electrons. The Hall–Kier alpha value is -3.60. The molecule has 0 bridgehead atoms. The van der Waals surface area contributed by atoms with Gasteiger partial charge in [0.1, 0.15) is 16.4 Å². The Morgan fingerprint density at radius 2 is 1.84 bits per heavy atom. The van der Waals surface area contributed by atoms with Gasteiger partial charge >= 0.3 is 0 Å². The van der Waals surface area contributed by atoms with Gasteiger partial charge in [0, 0.05) is 30.8 Å². The summed E-state index contributed by atoms with van der Waals surface area (Å²) in [5, 5.41) is 7.86. The number of benzene rings is 2. The van der Waals surface area contributed by atoms with Crippen molar-refractivity contribution < 1.29 is 23.9 Å². The van der Waals surface area contributed by atoms with Gasteiger partial charge in [0.05, 0.1) is 17.7 Å². The third-order valence-corrected chi connectivity index (χ3v) is 7.51. The van der Waals surface area contributed by atoms with Crippen molar-refractivity contribution in [3.8, 4) is 5.75 Å². The summed E-state index contributed by atoms with van der Waals surface area (Å²) in [6.07, 6.45) is 0.533. The van der Waals surface area contributed by atoms with E-state index in [4.69, 9.17) is 9.47 Å². The molecule has 1 aliphatic rings. The van der Waals surface area contributed by atoms with Crippen LogP contribution in [0.5, 0.6) is 5.75 Å². The molecule has 0 saturated heterocycles. The molecule has 0 saturated carbocycles. The fraction of sp³-hybridized carbons (Fsp3) is 0.222. The molecule has 0 fully saturated rings. The van der Waals surface area contributed by atoms with Crippen LogP contribution in [0.4, 0.5) is 11.4 Å². The lowest BCUT2D eigenvalue weighted by molar-refractivity contribution is -0.137. The molecule has 8 nitrogen and oxygen atoms in total.